The van der Waals surface area contributed by atoms with E-state index in [9.17, 15) is 10.1 Å². The Morgan fingerprint density at radius 2 is 2.10 bits per heavy atom. The number of quaternary nitrogens is 1. The molecule has 5 nitrogen and oxygen atoms in total. The van der Waals surface area contributed by atoms with Gasteiger partial charge in [0, 0.05) is 10.6 Å². The number of nitriles is 1. The first-order valence-corrected chi connectivity index (χ1v) is 11.8. The van der Waals surface area contributed by atoms with Gasteiger partial charge in [0.15, 0.2) is 6.54 Å². The van der Waals surface area contributed by atoms with Crippen LogP contribution in [-0.4, -0.2) is 38.6 Å². The van der Waals surface area contributed by atoms with Gasteiger partial charge in [0.25, 0.3) is 5.91 Å². The predicted molar refractivity (Wildman–Crippen MR) is 123 cm³/mol. The maximum Gasteiger partial charge on any atom is 0.280 e. The molecular weight excluding hydrogens is 392 g/mol. The Hall–Kier alpha value is -2.36. The molecule has 1 amide bonds. The fourth-order valence-corrected chi connectivity index (χ4v) is 6.05. The maximum atomic E-state index is 12.7. The van der Waals surface area contributed by atoms with Crippen molar-refractivity contribution in [2.24, 2.45) is 5.92 Å². The summed E-state index contributed by atoms with van der Waals surface area (Å²) >= 11 is 1.61. The number of hydrogen-bond acceptors (Lipinski definition) is 4. The van der Waals surface area contributed by atoms with E-state index in [-0.39, 0.29) is 5.91 Å². The van der Waals surface area contributed by atoms with Crippen LogP contribution < -0.4 is 15.1 Å². The van der Waals surface area contributed by atoms with Gasteiger partial charge in [-0.25, -0.2) is 0 Å². The smallest absolute Gasteiger partial charge is 0.280 e. The molecule has 1 atom stereocenters. The van der Waals surface area contributed by atoms with Crippen molar-refractivity contribution in [1.29, 1.82) is 5.26 Å². The number of carbonyl (C=O) groups excluding carboxylic acids is 1. The van der Waals surface area contributed by atoms with Crippen LogP contribution in [0.1, 0.15) is 40.5 Å². The summed E-state index contributed by atoms with van der Waals surface area (Å²) in [5.41, 5.74) is 5.85. The molecule has 2 aromatic rings. The minimum Gasteiger partial charge on any atom is -0.360 e. The maximum absolute atomic E-state index is 12.7. The van der Waals surface area contributed by atoms with Gasteiger partial charge in [-0.3, -0.25) is 4.79 Å². The zero-order chi connectivity index (χ0) is 21.3. The van der Waals surface area contributed by atoms with E-state index in [1.165, 1.54) is 32.2 Å². The summed E-state index contributed by atoms with van der Waals surface area (Å²) < 4.78 is 0. The lowest BCUT2D eigenvalue weighted by Crippen LogP contribution is -3.15. The molecule has 0 bridgehead atoms. The topological polar surface area (TPSA) is 60.6 Å². The number of nitrogens with one attached hydrogen (secondary N) is 2. The highest BCUT2D eigenvalue weighted by Crippen LogP contribution is 2.39. The van der Waals surface area contributed by atoms with E-state index in [1.54, 1.807) is 11.3 Å². The van der Waals surface area contributed by atoms with E-state index in [4.69, 9.17) is 0 Å². The summed E-state index contributed by atoms with van der Waals surface area (Å²) in [5, 5.41) is 13.5. The minimum absolute atomic E-state index is 0.0216. The van der Waals surface area contributed by atoms with Crippen LogP contribution in [0.5, 0.6) is 0 Å². The highest BCUT2D eigenvalue weighted by atomic mass is 32.1. The third kappa shape index (κ3) is 4.23. The zero-order valence-corrected chi connectivity index (χ0v) is 19.0. The average Bonchev–Trinajstić information content (AvgIpc) is 3.06. The van der Waals surface area contributed by atoms with Gasteiger partial charge in [-0.15, -0.1) is 11.3 Å². The van der Waals surface area contributed by atoms with Crippen LogP contribution in [-0.2, 0) is 17.6 Å². The average molecular weight is 424 g/mol. The number of fused-ring (bicyclic) bond motifs is 1. The van der Waals surface area contributed by atoms with Crippen LogP contribution in [0.2, 0.25) is 0 Å². The highest BCUT2D eigenvalue weighted by Gasteiger charge is 2.27. The fourth-order valence-electron chi connectivity index (χ4n) is 4.67. The van der Waals surface area contributed by atoms with Crippen molar-refractivity contribution in [1.82, 2.24) is 0 Å². The zero-order valence-electron chi connectivity index (χ0n) is 18.2. The monoisotopic (exact) mass is 423 g/mol. The largest absolute Gasteiger partial charge is 0.360 e. The first kappa shape index (κ1) is 20.9. The number of hydrogen-bond donors (Lipinski definition) is 2. The number of aryl methyl sites for hydroxylation is 1. The van der Waals surface area contributed by atoms with Crippen molar-refractivity contribution in [3.05, 3.63) is 45.3 Å². The SMILES string of the molecule is Cc1cccc(N2CC[NH+](CC(=O)Nc3sc4c(c3C#N)CC[C@H](C)C4)CC2)c1C. The number of carbonyl (C=O) groups is 1. The molecule has 0 unspecified atom stereocenters. The first-order valence-electron chi connectivity index (χ1n) is 11.0. The van der Waals surface area contributed by atoms with Crippen LogP contribution >= 0.6 is 11.3 Å². The Kier molecular flexibility index (Phi) is 6.12. The number of rotatable bonds is 4. The van der Waals surface area contributed by atoms with Gasteiger partial charge in [-0.1, -0.05) is 19.1 Å². The van der Waals surface area contributed by atoms with Crippen molar-refractivity contribution < 1.29 is 9.69 Å². The van der Waals surface area contributed by atoms with Gasteiger partial charge in [0.1, 0.15) is 11.1 Å². The molecule has 2 N–H and O–H groups in total. The minimum atomic E-state index is 0.0216. The Morgan fingerprint density at radius 1 is 1.33 bits per heavy atom. The quantitative estimate of drug-likeness (QED) is 0.795. The number of benzene rings is 1. The van der Waals surface area contributed by atoms with Crippen molar-refractivity contribution in [3.8, 4) is 6.07 Å². The van der Waals surface area contributed by atoms with Gasteiger partial charge in [0.2, 0.25) is 0 Å². The van der Waals surface area contributed by atoms with Crippen LogP contribution in [0.4, 0.5) is 10.7 Å². The lowest BCUT2D eigenvalue weighted by Gasteiger charge is -2.34. The van der Waals surface area contributed by atoms with Crippen LogP contribution in [0.25, 0.3) is 0 Å². The van der Waals surface area contributed by atoms with E-state index < -0.39 is 0 Å². The van der Waals surface area contributed by atoms with Crippen LogP contribution in [0, 0.1) is 31.1 Å². The molecule has 2 aliphatic rings. The molecule has 1 aromatic carbocycles. The van der Waals surface area contributed by atoms with Crippen LogP contribution in [0.3, 0.4) is 0 Å². The summed E-state index contributed by atoms with van der Waals surface area (Å²) in [6.45, 7) is 10.9. The second-order valence-electron chi connectivity index (χ2n) is 8.85. The first-order chi connectivity index (χ1) is 14.5. The number of piperazine rings is 1. The van der Waals surface area contributed by atoms with Crippen LogP contribution in [0.15, 0.2) is 18.2 Å². The molecule has 4 rings (SSSR count). The summed E-state index contributed by atoms with van der Waals surface area (Å²) in [7, 11) is 0. The highest BCUT2D eigenvalue weighted by molar-refractivity contribution is 7.16. The van der Waals surface area contributed by atoms with Gasteiger partial charge in [-0.2, -0.15) is 5.26 Å². The Balaban J connectivity index is 1.35. The Morgan fingerprint density at radius 3 is 2.83 bits per heavy atom. The molecule has 1 aromatic heterocycles. The summed E-state index contributed by atoms with van der Waals surface area (Å²) in [4.78, 5) is 17.8. The lowest BCUT2D eigenvalue weighted by atomic mass is 9.89. The Bertz CT molecular complexity index is 982. The molecule has 0 saturated carbocycles. The third-order valence-corrected chi connectivity index (χ3v) is 7.84. The molecule has 1 aliphatic heterocycles. The van der Waals surface area contributed by atoms with Crippen molar-refractivity contribution in [3.63, 3.8) is 0 Å². The normalized spacial score (nSPS) is 19.3. The van der Waals surface area contributed by atoms with Gasteiger partial charge < -0.3 is 15.1 Å². The predicted octanol–water partition coefficient (Wildman–Crippen LogP) is 2.71. The molecule has 158 valence electrons. The van der Waals surface area contributed by atoms with E-state index >= 15 is 0 Å². The van der Waals surface area contributed by atoms with Crippen molar-refractivity contribution in [2.45, 2.75) is 40.0 Å². The molecule has 0 spiro atoms. The number of thiophene rings is 1. The fraction of sp³-hybridized carbons (Fsp3) is 0.500. The van der Waals surface area contributed by atoms with Gasteiger partial charge >= 0.3 is 0 Å². The van der Waals surface area contributed by atoms with E-state index in [0.29, 0.717) is 18.0 Å². The third-order valence-electron chi connectivity index (χ3n) is 6.67. The molecular formula is C24H31N4OS+. The molecule has 6 heteroatoms. The second-order valence-corrected chi connectivity index (χ2v) is 9.95. The molecule has 1 saturated heterocycles. The number of anilines is 2. The van der Waals surface area contributed by atoms with Crippen molar-refractivity contribution >= 4 is 27.9 Å². The molecule has 30 heavy (non-hydrogen) atoms. The summed E-state index contributed by atoms with van der Waals surface area (Å²) in [5.74, 6) is 0.678. The van der Waals surface area contributed by atoms with E-state index in [2.05, 4.69) is 55.3 Å². The van der Waals surface area contributed by atoms with E-state index in [0.717, 1.165) is 50.4 Å². The standard InChI is InChI=1S/C24H30N4OS/c1-16-7-8-19-20(14-25)24(30-22(19)13-16)26-23(29)15-27-9-11-28(12-10-27)21-6-4-5-17(2)18(21)3/h4-6,16H,7-13,15H2,1-3H3,(H,26,29)/p+1/t16-/m0/s1. The summed E-state index contributed by atoms with van der Waals surface area (Å²) in [6.07, 6.45) is 3.11. The summed E-state index contributed by atoms with van der Waals surface area (Å²) in [6, 6.07) is 8.82. The van der Waals surface area contributed by atoms with Gasteiger partial charge in [-0.05, 0) is 61.8 Å². The number of amides is 1. The Labute approximate surface area is 183 Å². The van der Waals surface area contributed by atoms with E-state index in [1.807, 2.05) is 0 Å². The molecule has 2 heterocycles. The second kappa shape index (κ2) is 8.79. The molecule has 0 radical (unpaired) electrons. The molecule has 1 aliphatic carbocycles. The number of nitrogens with zero attached hydrogens (tertiary/aromatic N) is 2. The van der Waals surface area contributed by atoms with Gasteiger partial charge in [0.05, 0.1) is 31.7 Å². The molecule has 1 fully saturated rings. The lowest BCUT2D eigenvalue weighted by molar-refractivity contribution is -0.892. The van der Waals surface area contributed by atoms with Crippen molar-refractivity contribution in [2.75, 3.05) is 42.9 Å².